The molecule has 4 nitrogen and oxygen atoms in total. The van der Waals surface area contributed by atoms with Crippen LogP contribution in [0.5, 0.6) is 0 Å². The highest BCUT2D eigenvalue weighted by Gasteiger charge is 2.09. The molecule has 1 aromatic carbocycles. The Hall–Kier alpha value is -1.27. The minimum absolute atomic E-state index is 0.258. The number of rotatable bonds is 10. The normalized spacial score (nSPS) is 11.7. The van der Waals surface area contributed by atoms with E-state index in [1.807, 2.05) is 24.3 Å². The molecule has 1 rings (SSSR count). The zero-order valence-electron chi connectivity index (χ0n) is 13.9. The second kappa shape index (κ2) is 11.3. The number of amides is 1. The van der Waals surface area contributed by atoms with Crippen LogP contribution >= 0.6 is 24.0 Å². The summed E-state index contributed by atoms with van der Waals surface area (Å²) in [6, 6.07) is 7.78. The number of benzene rings is 1. The predicted octanol–water partition coefficient (Wildman–Crippen LogP) is 3.77. The van der Waals surface area contributed by atoms with E-state index < -0.39 is 0 Å². The number of para-hydroxylation sites is 1. The number of unbranched alkanes of at least 4 members (excludes halogenated alkanes) is 1. The largest absolute Gasteiger partial charge is 0.369 e. The molecule has 4 N–H and O–H groups in total. The van der Waals surface area contributed by atoms with Gasteiger partial charge in [-0.1, -0.05) is 45.2 Å². The second-order valence-corrected chi connectivity index (χ2v) is 6.93. The van der Waals surface area contributed by atoms with Gasteiger partial charge in [0.2, 0.25) is 5.91 Å². The summed E-state index contributed by atoms with van der Waals surface area (Å²) in [6.45, 7) is 5.32. The van der Waals surface area contributed by atoms with Gasteiger partial charge in [0, 0.05) is 11.4 Å². The number of thioether (sulfide) groups is 1. The van der Waals surface area contributed by atoms with Crippen molar-refractivity contribution >= 4 is 40.7 Å². The number of anilines is 1. The number of hydrogen-bond acceptors (Lipinski definition) is 3. The van der Waals surface area contributed by atoms with Crippen molar-refractivity contribution in [3.63, 3.8) is 0 Å². The van der Waals surface area contributed by atoms with Gasteiger partial charge in [-0.25, -0.2) is 0 Å². The first-order chi connectivity index (χ1) is 11.1. The fourth-order valence-corrected chi connectivity index (χ4v) is 3.13. The quantitative estimate of drug-likeness (QED) is 0.441. The van der Waals surface area contributed by atoms with E-state index in [-0.39, 0.29) is 11.7 Å². The standard InChI is InChI=1S/C17H27N3OS2/c1-3-5-8-13(4-2)11-19-17(22)20-14-9-6-7-10-15(14)23-12-16(18)21/h6-7,9-10,13H,3-5,8,11-12H2,1-2H3,(H2,18,21)(H2,19,20,22)/t13-/m1/s1. The number of nitrogens with two attached hydrogens (primary N) is 1. The monoisotopic (exact) mass is 353 g/mol. The zero-order valence-corrected chi connectivity index (χ0v) is 15.6. The molecule has 0 aliphatic heterocycles. The Morgan fingerprint density at radius 2 is 2.09 bits per heavy atom. The number of carbonyl (C=O) groups is 1. The van der Waals surface area contributed by atoms with Crippen LogP contribution in [0.4, 0.5) is 5.69 Å². The molecule has 0 aliphatic rings. The lowest BCUT2D eigenvalue weighted by atomic mass is 9.99. The molecule has 0 unspecified atom stereocenters. The van der Waals surface area contributed by atoms with Crippen LogP contribution in [-0.4, -0.2) is 23.3 Å². The van der Waals surface area contributed by atoms with Gasteiger partial charge in [0.1, 0.15) is 0 Å². The van der Waals surface area contributed by atoms with Crippen LogP contribution in [0.15, 0.2) is 29.2 Å². The predicted molar refractivity (Wildman–Crippen MR) is 104 cm³/mol. The highest BCUT2D eigenvalue weighted by atomic mass is 32.2. The molecule has 0 bridgehead atoms. The van der Waals surface area contributed by atoms with E-state index in [9.17, 15) is 4.79 Å². The minimum atomic E-state index is -0.327. The molecule has 0 aromatic heterocycles. The van der Waals surface area contributed by atoms with E-state index >= 15 is 0 Å². The van der Waals surface area contributed by atoms with Gasteiger partial charge < -0.3 is 16.4 Å². The number of carbonyl (C=O) groups excluding carboxylic acids is 1. The van der Waals surface area contributed by atoms with Crippen LogP contribution in [0, 0.1) is 5.92 Å². The third-order valence-electron chi connectivity index (χ3n) is 3.60. The van der Waals surface area contributed by atoms with E-state index in [4.69, 9.17) is 18.0 Å². The number of thiocarbonyl (C=S) groups is 1. The first-order valence-corrected chi connectivity index (χ1v) is 9.51. The lowest BCUT2D eigenvalue weighted by Crippen LogP contribution is -2.32. The van der Waals surface area contributed by atoms with Gasteiger partial charge in [0.15, 0.2) is 5.11 Å². The Bertz CT molecular complexity index is 508. The zero-order chi connectivity index (χ0) is 17.1. The average Bonchev–Trinajstić information content (AvgIpc) is 2.54. The van der Waals surface area contributed by atoms with Crippen LogP contribution in [0.1, 0.15) is 39.5 Å². The van der Waals surface area contributed by atoms with E-state index in [0.29, 0.717) is 11.0 Å². The molecule has 0 radical (unpaired) electrons. The lowest BCUT2D eigenvalue weighted by molar-refractivity contribution is -0.115. The summed E-state index contributed by atoms with van der Waals surface area (Å²) >= 11 is 6.80. The van der Waals surface area contributed by atoms with Crippen molar-refractivity contribution < 1.29 is 4.79 Å². The van der Waals surface area contributed by atoms with Crippen molar-refractivity contribution in [2.45, 2.75) is 44.4 Å². The van der Waals surface area contributed by atoms with Gasteiger partial charge in [-0.3, -0.25) is 4.79 Å². The van der Waals surface area contributed by atoms with Crippen LogP contribution in [-0.2, 0) is 4.79 Å². The molecule has 128 valence electrons. The highest BCUT2D eigenvalue weighted by Crippen LogP contribution is 2.26. The van der Waals surface area contributed by atoms with Gasteiger partial charge in [-0.2, -0.15) is 0 Å². The van der Waals surface area contributed by atoms with Crippen molar-refractivity contribution in [3.8, 4) is 0 Å². The first-order valence-electron chi connectivity index (χ1n) is 8.11. The Kier molecular flexibility index (Phi) is 9.71. The maximum absolute atomic E-state index is 10.9. The smallest absolute Gasteiger partial charge is 0.227 e. The molecule has 0 aliphatic carbocycles. The molecule has 0 saturated carbocycles. The average molecular weight is 354 g/mol. The molecule has 23 heavy (non-hydrogen) atoms. The van der Waals surface area contributed by atoms with Gasteiger partial charge in [0.25, 0.3) is 0 Å². The summed E-state index contributed by atoms with van der Waals surface area (Å²) < 4.78 is 0. The van der Waals surface area contributed by atoms with E-state index in [2.05, 4.69) is 24.5 Å². The molecule has 0 heterocycles. The van der Waals surface area contributed by atoms with E-state index in [0.717, 1.165) is 23.5 Å². The molecule has 1 amide bonds. The van der Waals surface area contributed by atoms with Crippen molar-refractivity contribution in [3.05, 3.63) is 24.3 Å². The topological polar surface area (TPSA) is 67.2 Å². The Labute approximate surface area is 149 Å². The van der Waals surface area contributed by atoms with Crippen LogP contribution in [0.2, 0.25) is 0 Å². The second-order valence-electron chi connectivity index (χ2n) is 5.50. The first kappa shape index (κ1) is 19.8. The fraction of sp³-hybridized carbons (Fsp3) is 0.529. The number of nitrogens with one attached hydrogen (secondary N) is 2. The van der Waals surface area contributed by atoms with Gasteiger partial charge in [-0.05, 0) is 36.7 Å². The lowest BCUT2D eigenvalue weighted by Gasteiger charge is -2.18. The van der Waals surface area contributed by atoms with Crippen LogP contribution in [0.3, 0.4) is 0 Å². The fourth-order valence-electron chi connectivity index (χ4n) is 2.19. The van der Waals surface area contributed by atoms with Crippen molar-refractivity contribution in [1.82, 2.24) is 5.32 Å². The molecule has 6 heteroatoms. The molecule has 1 atom stereocenters. The molecule has 0 fully saturated rings. The van der Waals surface area contributed by atoms with Crippen LogP contribution in [0.25, 0.3) is 0 Å². The van der Waals surface area contributed by atoms with Crippen LogP contribution < -0.4 is 16.4 Å². The third kappa shape index (κ3) is 8.23. The summed E-state index contributed by atoms with van der Waals surface area (Å²) in [4.78, 5) is 11.9. The minimum Gasteiger partial charge on any atom is -0.369 e. The summed E-state index contributed by atoms with van der Waals surface area (Å²) in [5.41, 5.74) is 6.11. The van der Waals surface area contributed by atoms with Gasteiger partial charge >= 0.3 is 0 Å². The van der Waals surface area contributed by atoms with E-state index in [1.54, 1.807) is 0 Å². The SMILES string of the molecule is CCCC[C@@H](CC)CNC(=S)Nc1ccccc1SCC(N)=O. The third-order valence-corrected chi connectivity index (χ3v) is 4.94. The highest BCUT2D eigenvalue weighted by molar-refractivity contribution is 8.00. The number of hydrogen-bond donors (Lipinski definition) is 3. The maximum atomic E-state index is 10.9. The van der Waals surface area contributed by atoms with Crippen molar-refractivity contribution in [1.29, 1.82) is 0 Å². The van der Waals surface area contributed by atoms with Crippen molar-refractivity contribution in [2.75, 3.05) is 17.6 Å². The number of primary amides is 1. The molecular weight excluding hydrogens is 326 g/mol. The Morgan fingerprint density at radius 3 is 2.74 bits per heavy atom. The molecule has 1 aromatic rings. The summed E-state index contributed by atoms with van der Waals surface area (Å²) in [6.07, 6.45) is 4.87. The Balaban J connectivity index is 2.51. The molecule has 0 spiro atoms. The molecular formula is C17H27N3OS2. The Morgan fingerprint density at radius 1 is 1.35 bits per heavy atom. The van der Waals surface area contributed by atoms with E-state index in [1.165, 1.54) is 31.0 Å². The molecule has 0 saturated heterocycles. The van der Waals surface area contributed by atoms with Crippen molar-refractivity contribution in [2.24, 2.45) is 11.7 Å². The summed E-state index contributed by atoms with van der Waals surface area (Å²) in [5, 5.41) is 7.14. The van der Waals surface area contributed by atoms with Gasteiger partial charge in [0.05, 0.1) is 11.4 Å². The maximum Gasteiger partial charge on any atom is 0.227 e. The van der Waals surface area contributed by atoms with Gasteiger partial charge in [-0.15, -0.1) is 11.8 Å². The summed E-state index contributed by atoms with van der Waals surface area (Å²) in [5.74, 6) is 0.578. The summed E-state index contributed by atoms with van der Waals surface area (Å²) in [7, 11) is 0.